The molecule has 0 saturated carbocycles. The average molecular weight is 207 g/mol. The van der Waals surface area contributed by atoms with Gasteiger partial charge in [-0.05, 0) is 6.26 Å². The molecule has 0 aromatic heterocycles. The van der Waals surface area contributed by atoms with Gasteiger partial charge >= 0.3 is 0 Å². The lowest BCUT2D eigenvalue weighted by molar-refractivity contribution is 1.00. The van der Waals surface area contributed by atoms with Crippen molar-refractivity contribution < 1.29 is 0 Å². The molecule has 0 unspecified atom stereocenters. The molecular formula is C7H21NSSi2. The number of hydrogen-bond donors (Lipinski definition) is 0. The van der Waals surface area contributed by atoms with Gasteiger partial charge in [-0.15, -0.1) is 0 Å². The van der Waals surface area contributed by atoms with Gasteiger partial charge in [0.1, 0.15) is 16.5 Å². The zero-order chi connectivity index (χ0) is 9.28. The predicted octanol–water partition coefficient (Wildman–Crippen LogP) is 3.24. The molecule has 11 heavy (non-hydrogen) atoms. The van der Waals surface area contributed by atoms with Crippen molar-refractivity contribution in [2.45, 2.75) is 39.3 Å². The zero-order valence-electron chi connectivity index (χ0n) is 8.86. The smallest absolute Gasteiger partial charge is 0.123 e. The Morgan fingerprint density at radius 1 is 0.818 bits per heavy atom. The summed E-state index contributed by atoms with van der Waals surface area (Å²) in [7, 11) is -2.13. The van der Waals surface area contributed by atoms with Gasteiger partial charge in [-0.1, -0.05) is 51.2 Å². The molecule has 0 aliphatic rings. The second-order valence-corrected chi connectivity index (χ2v) is 16.2. The van der Waals surface area contributed by atoms with Crippen LogP contribution in [0.4, 0.5) is 0 Å². The summed E-state index contributed by atoms with van der Waals surface area (Å²) in [5, 5.41) is 0. The summed E-state index contributed by atoms with van der Waals surface area (Å²) in [5.74, 6) is 0. The normalized spacial score (nSPS) is 14.2. The average Bonchev–Trinajstić information content (AvgIpc) is 1.56. The maximum atomic E-state index is 2.69. The maximum Gasteiger partial charge on any atom is 0.123 e. The summed E-state index contributed by atoms with van der Waals surface area (Å²) in [4.78, 5) is 0. The van der Waals surface area contributed by atoms with E-state index in [2.05, 4.69) is 49.2 Å². The Bertz CT molecular complexity index is 111. The van der Waals surface area contributed by atoms with E-state index in [-0.39, 0.29) is 0 Å². The van der Waals surface area contributed by atoms with Crippen molar-refractivity contribution in [3.63, 3.8) is 0 Å². The molecule has 0 heterocycles. The lowest BCUT2D eigenvalue weighted by Crippen LogP contribution is -2.54. The topological polar surface area (TPSA) is 3.24 Å². The quantitative estimate of drug-likeness (QED) is 0.516. The maximum absolute atomic E-state index is 2.69. The van der Waals surface area contributed by atoms with Crippen molar-refractivity contribution in [1.82, 2.24) is 3.64 Å². The first kappa shape index (κ1) is 11.7. The molecule has 0 fully saturated rings. The first-order chi connectivity index (χ1) is 4.69. The molecule has 0 aliphatic heterocycles. The van der Waals surface area contributed by atoms with Crippen molar-refractivity contribution in [3.8, 4) is 0 Å². The van der Waals surface area contributed by atoms with Crippen molar-refractivity contribution in [1.29, 1.82) is 0 Å². The van der Waals surface area contributed by atoms with Crippen LogP contribution >= 0.6 is 11.9 Å². The van der Waals surface area contributed by atoms with Crippen LogP contribution < -0.4 is 0 Å². The first-order valence-electron chi connectivity index (χ1n) is 4.04. The molecule has 0 spiro atoms. The Kier molecular flexibility index (Phi) is 3.88. The number of hydrogen-bond acceptors (Lipinski definition) is 2. The van der Waals surface area contributed by atoms with Gasteiger partial charge in [-0.25, -0.2) is 0 Å². The molecule has 0 amide bonds. The Hall–Kier alpha value is 0.744. The molecule has 0 aromatic rings. The molecule has 0 radical (unpaired) electrons. The minimum absolute atomic E-state index is 1.06. The highest BCUT2D eigenvalue weighted by atomic mass is 32.2. The van der Waals surface area contributed by atoms with Crippen LogP contribution in [0, 0.1) is 0 Å². The second kappa shape index (κ2) is 3.64. The Labute approximate surface area is 77.9 Å². The standard InChI is InChI=1S/C7H21NSSi2/c1-9-8(10(2,3)4)11(5,6)7/h1-7H3. The van der Waals surface area contributed by atoms with E-state index in [0.717, 1.165) is 0 Å². The lowest BCUT2D eigenvalue weighted by Gasteiger charge is -2.41. The van der Waals surface area contributed by atoms with Gasteiger partial charge in [0.05, 0.1) is 0 Å². The van der Waals surface area contributed by atoms with E-state index in [1.165, 1.54) is 0 Å². The van der Waals surface area contributed by atoms with Gasteiger partial charge in [-0.2, -0.15) is 0 Å². The molecule has 1 nitrogen and oxygen atoms in total. The van der Waals surface area contributed by atoms with Gasteiger partial charge in [0.25, 0.3) is 0 Å². The summed E-state index contributed by atoms with van der Waals surface area (Å²) >= 11 is 1.94. The van der Waals surface area contributed by atoms with Crippen molar-refractivity contribution in [2.75, 3.05) is 6.26 Å². The monoisotopic (exact) mass is 207 g/mol. The Balaban J connectivity index is 4.43. The summed E-state index contributed by atoms with van der Waals surface area (Å²) < 4.78 is 2.69. The first-order valence-corrected chi connectivity index (χ1v) is 12.1. The van der Waals surface area contributed by atoms with E-state index in [1.54, 1.807) is 0 Å². The molecule has 4 heteroatoms. The van der Waals surface area contributed by atoms with Crippen LogP contribution in [-0.4, -0.2) is 26.4 Å². The predicted molar refractivity (Wildman–Crippen MR) is 62.0 cm³/mol. The number of nitrogens with zero attached hydrogens (tertiary/aromatic N) is 1. The molecule has 68 valence electrons. The van der Waals surface area contributed by atoms with Gasteiger partial charge in [-0.3, -0.25) is 3.64 Å². The van der Waals surface area contributed by atoms with E-state index in [4.69, 9.17) is 0 Å². The van der Waals surface area contributed by atoms with Gasteiger partial charge in [0.2, 0.25) is 0 Å². The van der Waals surface area contributed by atoms with Crippen LogP contribution in [0.3, 0.4) is 0 Å². The van der Waals surface area contributed by atoms with E-state index >= 15 is 0 Å². The van der Waals surface area contributed by atoms with Gasteiger partial charge in [0.15, 0.2) is 0 Å². The van der Waals surface area contributed by atoms with Crippen LogP contribution in [0.25, 0.3) is 0 Å². The molecule has 0 aromatic carbocycles. The van der Waals surface area contributed by atoms with Crippen molar-refractivity contribution >= 4 is 28.4 Å². The highest BCUT2D eigenvalue weighted by Gasteiger charge is 2.33. The fourth-order valence-corrected chi connectivity index (χ4v) is 14.0. The SMILES string of the molecule is CSN([Si](C)(C)C)[Si](C)(C)C. The van der Waals surface area contributed by atoms with Crippen LogP contribution in [0.2, 0.25) is 39.3 Å². The lowest BCUT2D eigenvalue weighted by atomic mass is 11.8. The zero-order valence-corrected chi connectivity index (χ0v) is 11.7. The van der Waals surface area contributed by atoms with Gasteiger partial charge < -0.3 is 0 Å². The van der Waals surface area contributed by atoms with Crippen LogP contribution in [0.1, 0.15) is 0 Å². The van der Waals surface area contributed by atoms with E-state index in [9.17, 15) is 0 Å². The van der Waals surface area contributed by atoms with E-state index < -0.39 is 16.5 Å². The van der Waals surface area contributed by atoms with E-state index in [0.29, 0.717) is 0 Å². The third kappa shape index (κ3) is 3.78. The largest absolute Gasteiger partial charge is 0.293 e. The second-order valence-electron chi connectivity index (χ2n) is 4.82. The molecule has 0 N–H and O–H groups in total. The van der Waals surface area contributed by atoms with Crippen LogP contribution in [-0.2, 0) is 0 Å². The summed E-state index contributed by atoms with van der Waals surface area (Å²) in [6.07, 6.45) is 2.20. The third-order valence-corrected chi connectivity index (χ3v) is 12.6. The molecule has 0 saturated heterocycles. The minimum Gasteiger partial charge on any atom is -0.293 e. The van der Waals surface area contributed by atoms with E-state index in [1.807, 2.05) is 11.9 Å². The molecule has 0 bridgehead atoms. The van der Waals surface area contributed by atoms with Crippen LogP contribution in [0.5, 0.6) is 0 Å². The molecule has 0 rings (SSSR count). The van der Waals surface area contributed by atoms with Crippen LogP contribution in [0.15, 0.2) is 0 Å². The highest BCUT2D eigenvalue weighted by molar-refractivity contribution is 7.99. The summed E-state index contributed by atoms with van der Waals surface area (Å²) in [6.45, 7) is 14.5. The van der Waals surface area contributed by atoms with Gasteiger partial charge in [0, 0.05) is 0 Å². The summed E-state index contributed by atoms with van der Waals surface area (Å²) in [6, 6.07) is 0. The summed E-state index contributed by atoms with van der Waals surface area (Å²) in [5.41, 5.74) is 0. The number of rotatable bonds is 3. The Morgan fingerprint density at radius 2 is 1.09 bits per heavy atom. The van der Waals surface area contributed by atoms with Crippen molar-refractivity contribution in [3.05, 3.63) is 0 Å². The fraction of sp³-hybridized carbons (Fsp3) is 1.00. The highest BCUT2D eigenvalue weighted by Crippen LogP contribution is 2.26. The van der Waals surface area contributed by atoms with Crippen molar-refractivity contribution in [2.24, 2.45) is 0 Å². The molecule has 0 atom stereocenters. The Morgan fingerprint density at radius 3 is 1.09 bits per heavy atom. The fourth-order valence-electron chi connectivity index (χ4n) is 1.55. The third-order valence-electron chi connectivity index (χ3n) is 1.40. The molecular weight excluding hydrogens is 186 g/mol. The minimum atomic E-state index is -1.06. The molecule has 0 aliphatic carbocycles.